The monoisotopic (exact) mass is 509 g/mol. The van der Waals surface area contributed by atoms with E-state index in [1.54, 1.807) is 24.3 Å². The van der Waals surface area contributed by atoms with Crippen molar-refractivity contribution in [1.82, 2.24) is 16.0 Å². The summed E-state index contributed by atoms with van der Waals surface area (Å²) < 4.78 is 0. The molecule has 0 radical (unpaired) electrons. The number of benzene rings is 1. The van der Waals surface area contributed by atoms with Crippen LogP contribution in [0.15, 0.2) is 30.3 Å². The van der Waals surface area contributed by atoms with Gasteiger partial charge in [-0.25, -0.2) is 4.79 Å². The standard InChI is InChI=1S/C24H39N5O5S/c1-15(2)12-19(23(32)29-20(24(33)34)13-16-8-4-3-5-9-16)28-22(31)18(10-6-7-11-25)27-21(30)17(26)14-35/h3-5,8-9,15,17-20,35H,6-7,10-14,25-26H2,1-2H3,(H,27,30)(H,28,31)(H,29,32)(H,33,34). The molecule has 4 atom stereocenters. The topological polar surface area (TPSA) is 177 Å². The van der Waals surface area contributed by atoms with Crippen molar-refractivity contribution in [2.24, 2.45) is 17.4 Å². The van der Waals surface area contributed by atoms with Gasteiger partial charge < -0.3 is 32.5 Å². The number of thiol groups is 1. The number of carbonyl (C=O) groups excluding carboxylic acids is 3. The first-order chi connectivity index (χ1) is 16.6. The summed E-state index contributed by atoms with van der Waals surface area (Å²) in [4.78, 5) is 50.2. The summed E-state index contributed by atoms with van der Waals surface area (Å²) in [5, 5.41) is 17.5. The maximum absolute atomic E-state index is 13.1. The highest BCUT2D eigenvalue weighted by atomic mass is 32.1. The quantitative estimate of drug-likeness (QED) is 0.123. The molecular weight excluding hydrogens is 470 g/mol. The predicted molar refractivity (Wildman–Crippen MR) is 138 cm³/mol. The number of carbonyl (C=O) groups is 4. The van der Waals surface area contributed by atoms with Crippen LogP contribution in [0.3, 0.4) is 0 Å². The van der Waals surface area contributed by atoms with Crippen LogP contribution in [-0.2, 0) is 25.6 Å². The minimum absolute atomic E-state index is 0.0336. The van der Waals surface area contributed by atoms with Crippen molar-refractivity contribution in [2.75, 3.05) is 12.3 Å². The molecule has 0 aromatic heterocycles. The fourth-order valence-electron chi connectivity index (χ4n) is 3.42. The Balaban J connectivity index is 2.98. The van der Waals surface area contributed by atoms with Gasteiger partial charge in [0.2, 0.25) is 17.7 Å². The van der Waals surface area contributed by atoms with Gasteiger partial charge in [-0.2, -0.15) is 12.6 Å². The molecule has 0 bridgehead atoms. The zero-order valence-corrected chi connectivity index (χ0v) is 21.3. The van der Waals surface area contributed by atoms with Crippen molar-refractivity contribution in [3.63, 3.8) is 0 Å². The SMILES string of the molecule is CC(C)CC(NC(=O)C(CCCCN)NC(=O)C(N)CS)C(=O)NC(Cc1ccccc1)C(=O)O. The molecule has 0 saturated carbocycles. The summed E-state index contributed by atoms with van der Waals surface area (Å²) in [5.74, 6) is -2.70. The van der Waals surface area contributed by atoms with E-state index in [1.165, 1.54) is 0 Å². The van der Waals surface area contributed by atoms with Crippen LogP contribution in [-0.4, -0.2) is 65.3 Å². The number of rotatable bonds is 16. The van der Waals surface area contributed by atoms with Gasteiger partial charge in [0.15, 0.2) is 0 Å². The number of carboxylic acid groups (broad SMARTS) is 1. The molecule has 11 heteroatoms. The molecule has 0 aliphatic rings. The van der Waals surface area contributed by atoms with Gasteiger partial charge in [0, 0.05) is 12.2 Å². The Morgan fingerprint density at radius 3 is 2.03 bits per heavy atom. The van der Waals surface area contributed by atoms with Crippen LogP contribution >= 0.6 is 12.6 Å². The van der Waals surface area contributed by atoms with E-state index in [2.05, 4.69) is 28.6 Å². The highest BCUT2D eigenvalue weighted by Gasteiger charge is 2.30. The number of unbranched alkanes of at least 4 members (excludes halogenated alkanes) is 1. The summed E-state index contributed by atoms with van der Waals surface area (Å²) in [6.07, 6.45) is 1.95. The van der Waals surface area contributed by atoms with Crippen molar-refractivity contribution in [1.29, 1.82) is 0 Å². The second-order valence-electron chi connectivity index (χ2n) is 8.91. The van der Waals surface area contributed by atoms with Gasteiger partial charge in [0.25, 0.3) is 0 Å². The lowest BCUT2D eigenvalue weighted by Gasteiger charge is -2.26. The third kappa shape index (κ3) is 11.6. The van der Waals surface area contributed by atoms with Crippen LogP contribution in [0.1, 0.15) is 45.1 Å². The third-order valence-corrected chi connectivity index (χ3v) is 5.74. The summed E-state index contributed by atoms with van der Waals surface area (Å²) in [7, 11) is 0. The Labute approximate surface area is 212 Å². The summed E-state index contributed by atoms with van der Waals surface area (Å²) in [6, 6.07) is 5.01. The molecule has 3 amide bonds. The van der Waals surface area contributed by atoms with Crippen molar-refractivity contribution in [3.8, 4) is 0 Å². The number of carboxylic acids is 1. The summed E-state index contributed by atoms with van der Waals surface area (Å²) >= 11 is 4.01. The average molecular weight is 510 g/mol. The molecule has 0 aliphatic carbocycles. The lowest BCUT2D eigenvalue weighted by Crippen LogP contribution is -2.57. The smallest absolute Gasteiger partial charge is 0.326 e. The molecule has 4 unspecified atom stereocenters. The van der Waals surface area contributed by atoms with Crippen molar-refractivity contribution in [2.45, 2.75) is 70.1 Å². The van der Waals surface area contributed by atoms with Crippen molar-refractivity contribution < 1.29 is 24.3 Å². The molecule has 0 aliphatic heterocycles. The molecular formula is C24H39N5O5S. The number of hydrogen-bond acceptors (Lipinski definition) is 7. The van der Waals surface area contributed by atoms with Gasteiger partial charge in [0.05, 0.1) is 6.04 Å². The van der Waals surface area contributed by atoms with Crippen molar-refractivity contribution >= 4 is 36.3 Å². The predicted octanol–water partition coefficient (Wildman–Crippen LogP) is 0.200. The number of aliphatic carboxylic acids is 1. The third-order valence-electron chi connectivity index (χ3n) is 5.35. The van der Waals surface area contributed by atoms with Gasteiger partial charge >= 0.3 is 5.97 Å². The second kappa shape index (κ2) is 16.1. The van der Waals surface area contributed by atoms with E-state index < -0.39 is 47.9 Å². The number of nitrogens with one attached hydrogen (secondary N) is 3. The van der Waals surface area contributed by atoms with E-state index in [9.17, 15) is 24.3 Å². The minimum atomic E-state index is -1.18. The van der Waals surface area contributed by atoms with Crippen LogP contribution in [0.2, 0.25) is 0 Å². The lowest BCUT2D eigenvalue weighted by molar-refractivity contribution is -0.142. The highest BCUT2D eigenvalue weighted by Crippen LogP contribution is 2.10. The average Bonchev–Trinajstić information content (AvgIpc) is 2.82. The first kappa shape index (κ1) is 30.4. The second-order valence-corrected chi connectivity index (χ2v) is 9.28. The van der Waals surface area contributed by atoms with Gasteiger partial charge in [-0.15, -0.1) is 0 Å². The van der Waals surface area contributed by atoms with E-state index in [0.717, 1.165) is 5.56 Å². The first-order valence-electron chi connectivity index (χ1n) is 11.8. The van der Waals surface area contributed by atoms with E-state index in [0.29, 0.717) is 25.8 Å². The number of nitrogens with two attached hydrogens (primary N) is 2. The van der Waals surface area contributed by atoms with E-state index in [-0.39, 0.29) is 24.5 Å². The molecule has 0 spiro atoms. The molecule has 0 fully saturated rings. The summed E-state index contributed by atoms with van der Waals surface area (Å²) in [5.41, 5.74) is 12.0. The number of hydrogen-bond donors (Lipinski definition) is 7. The summed E-state index contributed by atoms with van der Waals surface area (Å²) in [6.45, 7) is 4.21. The Morgan fingerprint density at radius 1 is 0.914 bits per heavy atom. The molecule has 0 heterocycles. The fourth-order valence-corrected chi connectivity index (χ4v) is 3.59. The van der Waals surface area contributed by atoms with Crippen molar-refractivity contribution in [3.05, 3.63) is 35.9 Å². The Kier molecular flexibility index (Phi) is 14.0. The van der Waals surface area contributed by atoms with Crippen LogP contribution in [0.25, 0.3) is 0 Å². The lowest BCUT2D eigenvalue weighted by atomic mass is 10.0. The molecule has 1 rings (SSSR count). The van der Waals surface area contributed by atoms with E-state index in [1.807, 2.05) is 19.9 Å². The highest BCUT2D eigenvalue weighted by molar-refractivity contribution is 7.80. The van der Waals surface area contributed by atoms with Gasteiger partial charge in [-0.3, -0.25) is 14.4 Å². The molecule has 35 heavy (non-hydrogen) atoms. The number of amides is 3. The zero-order chi connectivity index (χ0) is 26.4. The van der Waals surface area contributed by atoms with Crippen LogP contribution in [0.4, 0.5) is 0 Å². The molecule has 8 N–H and O–H groups in total. The molecule has 1 aromatic carbocycles. The fraction of sp³-hybridized carbons (Fsp3) is 0.583. The first-order valence-corrected chi connectivity index (χ1v) is 12.5. The van der Waals surface area contributed by atoms with Crippen LogP contribution in [0.5, 0.6) is 0 Å². The molecule has 1 aromatic rings. The normalized spacial score (nSPS) is 14.5. The van der Waals surface area contributed by atoms with Gasteiger partial charge in [-0.1, -0.05) is 44.2 Å². The largest absolute Gasteiger partial charge is 0.480 e. The minimum Gasteiger partial charge on any atom is -0.480 e. The Morgan fingerprint density at radius 2 is 1.49 bits per heavy atom. The maximum atomic E-state index is 13.1. The van der Waals surface area contributed by atoms with Gasteiger partial charge in [0.1, 0.15) is 18.1 Å². The Hall–Kier alpha value is -2.63. The van der Waals surface area contributed by atoms with Crippen LogP contribution < -0.4 is 27.4 Å². The zero-order valence-electron chi connectivity index (χ0n) is 20.4. The molecule has 10 nitrogen and oxygen atoms in total. The molecule has 0 saturated heterocycles. The van der Waals surface area contributed by atoms with E-state index >= 15 is 0 Å². The van der Waals surface area contributed by atoms with Crippen LogP contribution in [0, 0.1) is 5.92 Å². The Bertz CT molecular complexity index is 824. The molecule has 196 valence electrons. The van der Waals surface area contributed by atoms with Gasteiger partial charge in [-0.05, 0) is 43.7 Å². The van der Waals surface area contributed by atoms with E-state index in [4.69, 9.17) is 11.5 Å². The maximum Gasteiger partial charge on any atom is 0.326 e.